The molecular weight excluding hydrogens is 368 g/mol. The van der Waals surface area contributed by atoms with Crippen molar-refractivity contribution in [2.24, 2.45) is 0 Å². The number of Topliss-reactive ketones (excluding diaryl/α,β-unsaturated/α-hetero) is 1. The van der Waals surface area contributed by atoms with Crippen molar-refractivity contribution < 1.29 is 4.79 Å². The summed E-state index contributed by atoms with van der Waals surface area (Å²) in [6.07, 6.45) is 0.971. The Morgan fingerprint density at radius 1 is 1.20 bits per heavy atom. The van der Waals surface area contributed by atoms with Gasteiger partial charge in [0, 0.05) is 5.56 Å². The summed E-state index contributed by atoms with van der Waals surface area (Å²) in [6.45, 7) is 4.02. The fraction of sp³-hybridized carbons (Fsp3) is 0.211. The van der Waals surface area contributed by atoms with Crippen LogP contribution in [0.4, 0.5) is 0 Å². The fourth-order valence-electron chi connectivity index (χ4n) is 2.38. The molecule has 0 spiro atoms. The molecule has 128 valence electrons. The van der Waals surface area contributed by atoms with Crippen LogP contribution in [-0.4, -0.2) is 20.8 Å². The van der Waals surface area contributed by atoms with Crippen molar-refractivity contribution in [3.8, 4) is 5.69 Å². The first-order chi connectivity index (χ1) is 12.1. The van der Waals surface area contributed by atoms with Gasteiger partial charge >= 0.3 is 0 Å². The molecule has 0 aliphatic carbocycles. The molecule has 1 aromatic heterocycles. The van der Waals surface area contributed by atoms with E-state index in [-0.39, 0.29) is 11.0 Å². The number of nitrogens with zero attached hydrogens (tertiary/aromatic N) is 2. The summed E-state index contributed by atoms with van der Waals surface area (Å²) in [4.78, 5) is 12.6. The molecule has 3 aromatic rings. The molecule has 0 radical (unpaired) electrons. The highest BCUT2D eigenvalue weighted by atomic mass is 32.2. The number of hydrogen-bond donors (Lipinski definition) is 0. The molecule has 0 amide bonds. The number of hydrogen-bond acceptors (Lipinski definition) is 5. The minimum absolute atomic E-state index is 0.111. The van der Waals surface area contributed by atoms with Gasteiger partial charge in [0.05, 0.1) is 10.9 Å². The maximum Gasteiger partial charge on any atom is 0.184 e. The molecule has 1 heterocycles. The smallest absolute Gasteiger partial charge is 0.184 e. The van der Waals surface area contributed by atoms with Crippen LogP contribution >= 0.6 is 35.3 Å². The van der Waals surface area contributed by atoms with Gasteiger partial charge in [0.15, 0.2) is 14.1 Å². The topological polar surface area (TPSA) is 34.9 Å². The second-order valence-electron chi connectivity index (χ2n) is 5.56. The third kappa shape index (κ3) is 4.26. The Morgan fingerprint density at radius 2 is 1.88 bits per heavy atom. The molecule has 0 saturated carbocycles. The molecule has 25 heavy (non-hydrogen) atoms. The average molecular weight is 387 g/mol. The molecular formula is C19H18N2OS3. The van der Waals surface area contributed by atoms with Crippen LogP contribution in [0, 0.1) is 3.95 Å². The van der Waals surface area contributed by atoms with Crippen LogP contribution in [0.15, 0.2) is 58.9 Å². The van der Waals surface area contributed by atoms with Crippen LogP contribution < -0.4 is 0 Å². The number of ketones is 1. The minimum Gasteiger partial charge on any atom is -0.293 e. The number of carbonyl (C=O) groups is 1. The molecule has 3 rings (SSSR count). The van der Waals surface area contributed by atoms with Crippen molar-refractivity contribution in [3.63, 3.8) is 0 Å². The van der Waals surface area contributed by atoms with E-state index in [9.17, 15) is 4.79 Å². The van der Waals surface area contributed by atoms with Gasteiger partial charge in [-0.1, -0.05) is 72.5 Å². The Hall–Kier alpha value is -1.76. The maximum atomic E-state index is 12.6. The van der Waals surface area contributed by atoms with Crippen LogP contribution in [0.25, 0.3) is 5.69 Å². The van der Waals surface area contributed by atoms with Gasteiger partial charge in [0.2, 0.25) is 0 Å². The van der Waals surface area contributed by atoms with E-state index in [1.807, 2.05) is 61.5 Å². The van der Waals surface area contributed by atoms with E-state index < -0.39 is 0 Å². The van der Waals surface area contributed by atoms with Crippen molar-refractivity contribution in [2.45, 2.75) is 29.9 Å². The predicted molar refractivity (Wildman–Crippen MR) is 108 cm³/mol. The van der Waals surface area contributed by atoms with E-state index >= 15 is 0 Å². The molecule has 0 aliphatic rings. The van der Waals surface area contributed by atoms with Gasteiger partial charge in [-0.15, -0.1) is 5.10 Å². The number of thioether (sulfide) groups is 1. The summed E-state index contributed by atoms with van der Waals surface area (Å²) in [6, 6.07) is 17.6. The summed E-state index contributed by atoms with van der Waals surface area (Å²) in [5, 5.41) is 4.35. The zero-order chi connectivity index (χ0) is 17.8. The molecule has 0 bridgehead atoms. The quantitative estimate of drug-likeness (QED) is 0.314. The first-order valence-corrected chi connectivity index (χ1v) is 10.1. The monoisotopic (exact) mass is 386 g/mol. The highest BCUT2D eigenvalue weighted by molar-refractivity contribution is 8.02. The molecule has 0 fully saturated rings. The van der Waals surface area contributed by atoms with Crippen molar-refractivity contribution in [1.29, 1.82) is 0 Å². The summed E-state index contributed by atoms with van der Waals surface area (Å²) < 4.78 is 3.23. The lowest BCUT2D eigenvalue weighted by Gasteiger charge is -2.08. The van der Waals surface area contributed by atoms with E-state index in [0.717, 1.165) is 22.0 Å². The predicted octanol–water partition coefficient (Wildman–Crippen LogP) is 5.59. The molecule has 0 aliphatic heterocycles. The van der Waals surface area contributed by atoms with Gasteiger partial charge in [-0.05, 0) is 43.3 Å². The number of para-hydroxylation sites is 1. The van der Waals surface area contributed by atoms with Crippen LogP contribution in [-0.2, 0) is 6.42 Å². The van der Waals surface area contributed by atoms with Gasteiger partial charge in [-0.25, -0.2) is 4.68 Å². The van der Waals surface area contributed by atoms with E-state index in [2.05, 4.69) is 12.0 Å². The first-order valence-electron chi connectivity index (χ1n) is 8.04. The van der Waals surface area contributed by atoms with Crippen LogP contribution in [0.2, 0.25) is 0 Å². The van der Waals surface area contributed by atoms with Crippen molar-refractivity contribution in [2.75, 3.05) is 0 Å². The molecule has 6 heteroatoms. The lowest BCUT2D eigenvalue weighted by atomic mass is 10.1. The fourth-order valence-corrected chi connectivity index (χ4v) is 4.97. The second kappa shape index (κ2) is 8.08. The summed E-state index contributed by atoms with van der Waals surface area (Å²) in [5.74, 6) is 0.111. The van der Waals surface area contributed by atoms with Gasteiger partial charge in [0.1, 0.15) is 0 Å². The first kappa shape index (κ1) is 18.0. The third-order valence-electron chi connectivity index (χ3n) is 3.82. The summed E-state index contributed by atoms with van der Waals surface area (Å²) >= 11 is 8.31. The van der Waals surface area contributed by atoms with Crippen molar-refractivity contribution in [3.05, 3.63) is 69.7 Å². The molecule has 2 aromatic carbocycles. The minimum atomic E-state index is -0.211. The number of rotatable bonds is 6. The Balaban J connectivity index is 1.75. The van der Waals surface area contributed by atoms with Gasteiger partial charge in [0.25, 0.3) is 0 Å². The van der Waals surface area contributed by atoms with E-state index in [1.165, 1.54) is 28.7 Å². The molecule has 0 unspecified atom stereocenters. The Bertz CT molecular complexity index is 914. The third-order valence-corrected chi connectivity index (χ3v) is 6.24. The Kier molecular flexibility index (Phi) is 5.83. The SMILES string of the molecule is CCc1ccc(C(=O)[C@@H](C)Sc2nn(-c3ccccc3)c(=S)s2)cc1. The zero-order valence-electron chi connectivity index (χ0n) is 14.0. The van der Waals surface area contributed by atoms with E-state index in [1.54, 1.807) is 4.68 Å². The van der Waals surface area contributed by atoms with Crippen LogP contribution in [0.1, 0.15) is 29.8 Å². The average Bonchev–Trinajstić information content (AvgIpc) is 3.02. The lowest BCUT2D eigenvalue weighted by molar-refractivity contribution is 0.0994. The second-order valence-corrected chi connectivity index (χ2v) is 8.77. The van der Waals surface area contributed by atoms with Crippen LogP contribution in [0.3, 0.4) is 0 Å². The van der Waals surface area contributed by atoms with Gasteiger partial charge < -0.3 is 0 Å². The maximum absolute atomic E-state index is 12.6. The summed E-state index contributed by atoms with van der Waals surface area (Å²) in [5.41, 5.74) is 2.91. The molecule has 1 atom stereocenters. The van der Waals surface area contributed by atoms with E-state index in [0.29, 0.717) is 3.95 Å². The number of aryl methyl sites for hydroxylation is 1. The summed E-state index contributed by atoms with van der Waals surface area (Å²) in [7, 11) is 0. The number of carbonyl (C=O) groups excluding carboxylic acids is 1. The normalized spacial score (nSPS) is 12.1. The zero-order valence-corrected chi connectivity index (χ0v) is 16.5. The molecule has 0 saturated heterocycles. The highest BCUT2D eigenvalue weighted by Gasteiger charge is 2.19. The molecule has 3 nitrogen and oxygen atoms in total. The highest BCUT2D eigenvalue weighted by Crippen LogP contribution is 2.29. The van der Waals surface area contributed by atoms with Gasteiger partial charge in [-0.3, -0.25) is 4.79 Å². The Morgan fingerprint density at radius 3 is 2.52 bits per heavy atom. The van der Waals surface area contributed by atoms with E-state index in [4.69, 9.17) is 12.2 Å². The Labute approximate surface area is 160 Å². The van der Waals surface area contributed by atoms with Crippen molar-refractivity contribution >= 4 is 41.1 Å². The largest absolute Gasteiger partial charge is 0.293 e. The number of benzene rings is 2. The number of aromatic nitrogens is 2. The molecule has 0 N–H and O–H groups in total. The van der Waals surface area contributed by atoms with Crippen molar-refractivity contribution in [1.82, 2.24) is 9.78 Å². The lowest BCUT2D eigenvalue weighted by Crippen LogP contribution is -2.13. The standard InChI is InChI=1S/C19H18N2OS3/c1-3-14-9-11-15(12-10-14)17(22)13(2)24-18-20-21(19(23)25-18)16-7-5-4-6-8-16/h4-13H,3H2,1-2H3/t13-/m1/s1. The van der Waals surface area contributed by atoms with Crippen LogP contribution in [0.5, 0.6) is 0 Å². The van der Waals surface area contributed by atoms with Gasteiger partial charge in [-0.2, -0.15) is 0 Å².